The van der Waals surface area contributed by atoms with E-state index < -0.39 is 0 Å². The second-order valence-corrected chi connectivity index (χ2v) is 6.46. The quantitative estimate of drug-likeness (QED) is 0.532. The lowest BCUT2D eigenvalue weighted by molar-refractivity contribution is 0.272. The normalized spacial score (nSPS) is 12.2. The van der Waals surface area contributed by atoms with E-state index in [0.29, 0.717) is 15.4 Å². The standard InChI is InChI=1S/C13H13BrClN3O2S/c1-7(6-19)8-2-11(20)13(17-4-8)18-21-9-3-10(14)12(15)16-5-9/h2-5,7,19-20H,6H2,1H3,(H,17,18). The van der Waals surface area contributed by atoms with Crippen molar-refractivity contribution in [1.29, 1.82) is 0 Å². The molecule has 2 aromatic heterocycles. The fourth-order valence-corrected chi connectivity index (χ4v) is 2.75. The van der Waals surface area contributed by atoms with Crippen molar-refractivity contribution >= 4 is 45.3 Å². The van der Waals surface area contributed by atoms with Crippen molar-refractivity contribution in [3.8, 4) is 5.75 Å². The Bertz CT molecular complexity index is 645. The molecular formula is C13H13BrClN3O2S. The summed E-state index contributed by atoms with van der Waals surface area (Å²) in [5, 5.41) is 19.4. The second kappa shape index (κ2) is 7.31. The number of nitrogens with zero attached hydrogens (tertiary/aromatic N) is 2. The van der Waals surface area contributed by atoms with Crippen LogP contribution in [0.5, 0.6) is 5.75 Å². The minimum Gasteiger partial charge on any atom is -0.504 e. The molecule has 2 aromatic rings. The number of aromatic nitrogens is 2. The number of rotatable bonds is 5. The van der Waals surface area contributed by atoms with Gasteiger partial charge in [-0.2, -0.15) is 0 Å². The summed E-state index contributed by atoms with van der Waals surface area (Å²) in [7, 11) is 0. The first-order valence-electron chi connectivity index (χ1n) is 6.05. The Balaban J connectivity index is 2.07. The van der Waals surface area contributed by atoms with Crippen LogP contribution in [0.1, 0.15) is 18.4 Å². The number of pyridine rings is 2. The third-order valence-electron chi connectivity index (χ3n) is 2.77. The Morgan fingerprint density at radius 2 is 2.14 bits per heavy atom. The maximum atomic E-state index is 9.95. The number of aromatic hydroxyl groups is 1. The van der Waals surface area contributed by atoms with Gasteiger partial charge in [0.1, 0.15) is 5.15 Å². The molecule has 0 saturated heterocycles. The van der Waals surface area contributed by atoms with E-state index in [9.17, 15) is 5.11 Å². The van der Waals surface area contributed by atoms with E-state index in [1.807, 2.05) is 13.0 Å². The van der Waals surface area contributed by atoms with Crippen LogP contribution in [0.3, 0.4) is 0 Å². The van der Waals surface area contributed by atoms with Crippen molar-refractivity contribution in [3.63, 3.8) is 0 Å². The number of anilines is 1. The molecular weight excluding hydrogens is 378 g/mol. The van der Waals surface area contributed by atoms with Gasteiger partial charge in [0.25, 0.3) is 0 Å². The Morgan fingerprint density at radius 3 is 2.76 bits per heavy atom. The predicted octanol–water partition coefficient (Wildman–Crippen LogP) is 3.81. The lowest BCUT2D eigenvalue weighted by atomic mass is 10.0. The van der Waals surface area contributed by atoms with E-state index in [1.165, 1.54) is 11.9 Å². The molecule has 1 atom stereocenters. The highest BCUT2D eigenvalue weighted by Crippen LogP contribution is 2.30. The summed E-state index contributed by atoms with van der Waals surface area (Å²) >= 11 is 10.4. The van der Waals surface area contributed by atoms with Gasteiger partial charge in [0.05, 0.1) is 4.47 Å². The summed E-state index contributed by atoms with van der Waals surface area (Å²) in [6.07, 6.45) is 3.24. The van der Waals surface area contributed by atoms with Gasteiger partial charge >= 0.3 is 0 Å². The predicted molar refractivity (Wildman–Crippen MR) is 87.8 cm³/mol. The molecule has 8 heteroatoms. The summed E-state index contributed by atoms with van der Waals surface area (Å²) in [6, 6.07) is 3.40. The van der Waals surface area contributed by atoms with Crippen LogP contribution in [-0.2, 0) is 0 Å². The maximum absolute atomic E-state index is 9.95. The van der Waals surface area contributed by atoms with Crippen molar-refractivity contribution in [1.82, 2.24) is 9.97 Å². The summed E-state index contributed by atoms with van der Waals surface area (Å²) in [4.78, 5) is 8.98. The molecule has 0 aliphatic rings. The number of hydrogen-bond acceptors (Lipinski definition) is 6. The summed E-state index contributed by atoms with van der Waals surface area (Å²) in [6.45, 7) is 1.86. The maximum Gasteiger partial charge on any atom is 0.178 e. The van der Waals surface area contributed by atoms with Crippen LogP contribution in [0.2, 0.25) is 5.15 Å². The average molecular weight is 391 g/mol. The summed E-state index contributed by atoms with van der Waals surface area (Å²) < 4.78 is 3.64. The zero-order valence-electron chi connectivity index (χ0n) is 11.0. The van der Waals surface area contributed by atoms with Crippen LogP contribution in [0, 0.1) is 0 Å². The van der Waals surface area contributed by atoms with Crippen molar-refractivity contribution in [2.75, 3.05) is 11.3 Å². The molecule has 5 nitrogen and oxygen atoms in total. The zero-order chi connectivity index (χ0) is 15.4. The van der Waals surface area contributed by atoms with Crippen LogP contribution in [0.4, 0.5) is 5.82 Å². The van der Waals surface area contributed by atoms with Gasteiger partial charge in [0.2, 0.25) is 0 Å². The fourth-order valence-electron chi connectivity index (χ4n) is 1.49. The van der Waals surface area contributed by atoms with Crippen molar-refractivity contribution in [2.24, 2.45) is 0 Å². The molecule has 21 heavy (non-hydrogen) atoms. The van der Waals surface area contributed by atoms with Gasteiger partial charge in [-0.15, -0.1) is 0 Å². The smallest absolute Gasteiger partial charge is 0.178 e. The molecule has 2 heterocycles. The first-order chi connectivity index (χ1) is 10.0. The zero-order valence-corrected chi connectivity index (χ0v) is 14.2. The minimum absolute atomic E-state index is 0.00706. The molecule has 0 aromatic carbocycles. The van der Waals surface area contributed by atoms with E-state index in [0.717, 1.165) is 10.5 Å². The first-order valence-corrected chi connectivity index (χ1v) is 8.03. The highest BCUT2D eigenvalue weighted by atomic mass is 79.9. The molecule has 0 aliphatic heterocycles. The van der Waals surface area contributed by atoms with Crippen molar-refractivity contribution < 1.29 is 10.2 Å². The molecule has 2 rings (SSSR count). The van der Waals surface area contributed by atoms with Gasteiger partial charge in [-0.05, 0) is 45.6 Å². The van der Waals surface area contributed by atoms with Crippen molar-refractivity contribution in [2.45, 2.75) is 17.7 Å². The van der Waals surface area contributed by atoms with E-state index in [-0.39, 0.29) is 18.3 Å². The van der Waals surface area contributed by atoms with E-state index in [1.54, 1.807) is 18.5 Å². The Morgan fingerprint density at radius 1 is 1.38 bits per heavy atom. The monoisotopic (exact) mass is 389 g/mol. The number of aliphatic hydroxyl groups is 1. The molecule has 0 spiro atoms. The van der Waals surface area contributed by atoms with Crippen LogP contribution in [0.15, 0.2) is 33.9 Å². The van der Waals surface area contributed by atoms with Gasteiger partial charge < -0.3 is 14.9 Å². The molecule has 112 valence electrons. The molecule has 1 unspecified atom stereocenters. The number of hydrogen-bond donors (Lipinski definition) is 3. The van der Waals surface area contributed by atoms with Crippen LogP contribution >= 0.6 is 39.5 Å². The Kier molecular flexibility index (Phi) is 5.69. The summed E-state index contributed by atoms with van der Waals surface area (Å²) in [5.74, 6) is 0.308. The second-order valence-electron chi connectivity index (χ2n) is 4.37. The molecule has 0 radical (unpaired) electrons. The van der Waals surface area contributed by atoms with Gasteiger partial charge in [0.15, 0.2) is 11.6 Å². The molecule has 0 bridgehead atoms. The van der Waals surface area contributed by atoms with Crippen molar-refractivity contribution in [3.05, 3.63) is 39.7 Å². The Hall–Kier alpha value is -1.02. The first kappa shape index (κ1) is 16.4. The molecule has 3 N–H and O–H groups in total. The van der Waals surface area contributed by atoms with Gasteiger partial charge in [-0.3, -0.25) is 0 Å². The number of aliphatic hydroxyl groups excluding tert-OH is 1. The van der Waals surface area contributed by atoms with Crippen LogP contribution < -0.4 is 4.72 Å². The lowest BCUT2D eigenvalue weighted by Gasteiger charge is -2.11. The molecule has 0 fully saturated rings. The highest BCUT2D eigenvalue weighted by molar-refractivity contribution is 9.10. The SMILES string of the molecule is CC(CO)c1cnc(NSc2cnc(Cl)c(Br)c2)c(O)c1. The van der Waals surface area contributed by atoms with Gasteiger partial charge in [0, 0.05) is 29.8 Å². The minimum atomic E-state index is -0.0680. The topological polar surface area (TPSA) is 78.3 Å². The molecule has 0 saturated carbocycles. The largest absolute Gasteiger partial charge is 0.504 e. The highest BCUT2D eigenvalue weighted by Gasteiger charge is 2.10. The van der Waals surface area contributed by atoms with E-state index in [2.05, 4.69) is 30.6 Å². The lowest BCUT2D eigenvalue weighted by Crippen LogP contribution is -2.00. The fraction of sp³-hybridized carbons (Fsp3) is 0.231. The number of halogens is 2. The molecule has 0 amide bonds. The van der Waals surface area contributed by atoms with Crippen LogP contribution in [0.25, 0.3) is 0 Å². The Labute approximate surface area is 140 Å². The van der Waals surface area contributed by atoms with E-state index in [4.69, 9.17) is 16.7 Å². The van der Waals surface area contributed by atoms with E-state index >= 15 is 0 Å². The third kappa shape index (κ3) is 4.23. The van der Waals surface area contributed by atoms with Gasteiger partial charge in [-0.1, -0.05) is 18.5 Å². The average Bonchev–Trinajstić information content (AvgIpc) is 2.48. The van der Waals surface area contributed by atoms with Crippen LogP contribution in [-0.4, -0.2) is 26.8 Å². The van der Waals surface area contributed by atoms with Gasteiger partial charge in [-0.25, -0.2) is 9.97 Å². The summed E-state index contributed by atoms with van der Waals surface area (Å²) in [5.41, 5.74) is 0.779. The molecule has 0 aliphatic carbocycles. The third-order valence-corrected chi connectivity index (χ3v) is 4.66. The number of nitrogens with one attached hydrogen (secondary N) is 1.